The van der Waals surface area contributed by atoms with E-state index in [1.165, 1.54) is 11.8 Å². The third kappa shape index (κ3) is 9.26. The van der Waals surface area contributed by atoms with Crippen LogP contribution in [0.1, 0.15) is 37.0 Å². The van der Waals surface area contributed by atoms with Gasteiger partial charge in [0.05, 0.1) is 15.8 Å². The lowest BCUT2D eigenvalue weighted by atomic mass is 10.0. The third-order valence-electron chi connectivity index (χ3n) is 6.02. The number of halogens is 3. The van der Waals surface area contributed by atoms with E-state index in [9.17, 15) is 9.59 Å². The maximum Gasteiger partial charge on any atom is 0.243 e. The highest BCUT2D eigenvalue weighted by atomic mass is 35.5. The van der Waals surface area contributed by atoms with Gasteiger partial charge in [0.25, 0.3) is 0 Å². The molecule has 37 heavy (non-hydrogen) atoms. The highest BCUT2D eigenvalue weighted by molar-refractivity contribution is 7.99. The fourth-order valence-corrected chi connectivity index (χ4v) is 5.07. The summed E-state index contributed by atoms with van der Waals surface area (Å²) in [6.45, 7) is 4.22. The van der Waals surface area contributed by atoms with Crippen molar-refractivity contribution in [3.8, 4) is 0 Å². The highest BCUT2D eigenvalue weighted by Gasteiger charge is 2.31. The molecule has 0 spiro atoms. The molecule has 0 bridgehead atoms. The number of hydrogen-bond donors (Lipinski definition) is 1. The Balaban J connectivity index is 1.87. The van der Waals surface area contributed by atoms with Crippen LogP contribution in [0.2, 0.25) is 15.1 Å². The van der Waals surface area contributed by atoms with E-state index in [-0.39, 0.29) is 30.2 Å². The summed E-state index contributed by atoms with van der Waals surface area (Å²) in [5, 5.41) is 4.61. The minimum atomic E-state index is -0.686. The van der Waals surface area contributed by atoms with Crippen molar-refractivity contribution in [2.75, 3.05) is 5.75 Å². The lowest BCUT2D eigenvalue weighted by Crippen LogP contribution is -2.52. The van der Waals surface area contributed by atoms with Gasteiger partial charge < -0.3 is 10.2 Å². The van der Waals surface area contributed by atoms with Crippen LogP contribution in [-0.2, 0) is 28.3 Å². The van der Waals surface area contributed by atoms with Crippen molar-refractivity contribution in [1.29, 1.82) is 0 Å². The lowest BCUT2D eigenvalue weighted by molar-refractivity contribution is -0.139. The fraction of sp³-hybridized carbons (Fsp3) is 0.310. The van der Waals surface area contributed by atoms with Crippen molar-refractivity contribution in [3.63, 3.8) is 0 Å². The monoisotopic (exact) mass is 576 g/mol. The van der Waals surface area contributed by atoms with Gasteiger partial charge in [-0.25, -0.2) is 0 Å². The van der Waals surface area contributed by atoms with E-state index in [0.717, 1.165) is 23.1 Å². The summed E-state index contributed by atoms with van der Waals surface area (Å²) in [5.74, 6) is 0.595. The van der Waals surface area contributed by atoms with Crippen molar-refractivity contribution in [3.05, 3.63) is 105 Å². The Morgan fingerprint density at radius 1 is 0.892 bits per heavy atom. The summed E-state index contributed by atoms with van der Waals surface area (Å²) >= 11 is 19.9. The van der Waals surface area contributed by atoms with Crippen LogP contribution in [0, 0.1) is 0 Å². The molecule has 0 aliphatic heterocycles. The number of carbonyl (C=O) groups excluding carboxylic acids is 2. The molecule has 3 rings (SSSR count). The van der Waals surface area contributed by atoms with E-state index in [1.807, 2.05) is 74.5 Å². The number of rotatable bonds is 12. The van der Waals surface area contributed by atoms with E-state index in [0.29, 0.717) is 27.2 Å². The zero-order valence-corrected chi connectivity index (χ0v) is 24.0. The highest BCUT2D eigenvalue weighted by Crippen LogP contribution is 2.25. The molecule has 0 saturated carbocycles. The number of amides is 2. The Morgan fingerprint density at radius 2 is 1.57 bits per heavy atom. The van der Waals surface area contributed by atoms with Crippen LogP contribution >= 0.6 is 46.6 Å². The molecule has 3 aromatic rings. The second-order valence-electron chi connectivity index (χ2n) is 8.91. The Morgan fingerprint density at radius 3 is 2.22 bits per heavy atom. The van der Waals surface area contributed by atoms with Gasteiger partial charge in [0, 0.05) is 29.8 Å². The summed E-state index contributed by atoms with van der Waals surface area (Å²) in [6.07, 6.45) is 1.19. The van der Waals surface area contributed by atoms with E-state index in [1.54, 1.807) is 17.0 Å². The van der Waals surface area contributed by atoms with Gasteiger partial charge in [0.1, 0.15) is 6.04 Å². The molecule has 0 aliphatic carbocycles. The molecule has 0 heterocycles. The average Bonchev–Trinajstić information content (AvgIpc) is 2.89. The predicted molar refractivity (Wildman–Crippen MR) is 156 cm³/mol. The minimum Gasteiger partial charge on any atom is -0.352 e. The molecule has 0 fully saturated rings. The number of nitrogens with zero attached hydrogens (tertiary/aromatic N) is 1. The molecule has 1 N–H and O–H groups in total. The van der Waals surface area contributed by atoms with Gasteiger partial charge >= 0.3 is 0 Å². The van der Waals surface area contributed by atoms with Crippen LogP contribution in [0.15, 0.2) is 72.8 Å². The summed E-state index contributed by atoms with van der Waals surface area (Å²) in [7, 11) is 0. The van der Waals surface area contributed by atoms with E-state index >= 15 is 0 Å². The van der Waals surface area contributed by atoms with Crippen molar-refractivity contribution >= 4 is 58.4 Å². The van der Waals surface area contributed by atoms with Gasteiger partial charge in [-0.05, 0) is 54.3 Å². The third-order valence-corrected chi connectivity index (χ3v) is 8.00. The summed E-state index contributed by atoms with van der Waals surface area (Å²) in [6, 6.07) is 21.9. The van der Waals surface area contributed by atoms with Crippen molar-refractivity contribution < 1.29 is 9.59 Å². The number of hydrogen-bond acceptors (Lipinski definition) is 3. The maximum absolute atomic E-state index is 13.7. The van der Waals surface area contributed by atoms with Gasteiger partial charge in [0.2, 0.25) is 11.8 Å². The van der Waals surface area contributed by atoms with Crippen molar-refractivity contribution in [1.82, 2.24) is 10.2 Å². The molecule has 0 aliphatic rings. The summed E-state index contributed by atoms with van der Waals surface area (Å²) < 4.78 is 0. The maximum atomic E-state index is 13.7. The molecule has 0 radical (unpaired) electrons. The summed E-state index contributed by atoms with van der Waals surface area (Å²) in [5.41, 5.74) is 2.86. The average molecular weight is 578 g/mol. The van der Waals surface area contributed by atoms with E-state index in [2.05, 4.69) is 5.32 Å². The zero-order chi connectivity index (χ0) is 26.8. The van der Waals surface area contributed by atoms with Crippen LogP contribution in [0.5, 0.6) is 0 Å². The van der Waals surface area contributed by atoms with Crippen LogP contribution in [-0.4, -0.2) is 34.6 Å². The number of nitrogens with one attached hydrogen (secondary N) is 1. The first kappa shape index (κ1) is 29.4. The second-order valence-corrected chi connectivity index (χ2v) is 11.1. The van der Waals surface area contributed by atoms with Crippen LogP contribution in [0.3, 0.4) is 0 Å². The molecule has 2 atom stereocenters. The van der Waals surface area contributed by atoms with E-state index < -0.39 is 6.04 Å². The first-order valence-electron chi connectivity index (χ1n) is 12.2. The van der Waals surface area contributed by atoms with Crippen LogP contribution in [0.4, 0.5) is 0 Å². The Hall–Kier alpha value is -2.18. The number of benzene rings is 3. The zero-order valence-electron chi connectivity index (χ0n) is 20.9. The smallest absolute Gasteiger partial charge is 0.243 e. The molecule has 2 amide bonds. The minimum absolute atomic E-state index is 0.00742. The first-order chi connectivity index (χ1) is 17.8. The molecule has 0 aromatic heterocycles. The molecule has 4 nitrogen and oxygen atoms in total. The Kier molecular flexibility index (Phi) is 11.7. The van der Waals surface area contributed by atoms with Crippen molar-refractivity contribution in [2.24, 2.45) is 0 Å². The largest absolute Gasteiger partial charge is 0.352 e. The molecule has 0 saturated heterocycles. The quantitative estimate of drug-likeness (QED) is 0.243. The SMILES string of the molecule is CCC(C)NC(=O)C(Cc1ccccc1)N(Cc1ccc(Cl)c(Cl)c1)C(=O)CSCc1ccc(Cl)cc1. The fourth-order valence-electron chi connectivity index (χ4n) is 3.75. The van der Waals surface area contributed by atoms with Crippen LogP contribution < -0.4 is 5.32 Å². The molecular weight excluding hydrogens is 547 g/mol. The Bertz CT molecular complexity index is 1180. The van der Waals surface area contributed by atoms with Crippen molar-refractivity contribution in [2.45, 2.75) is 51.1 Å². The van der Waals surface area contributed by atoms with Crippen LogP contribution in [0.25, 0.3) is 0 Å². The predicted octanol–water partition coefficient (Wildman–Crippen LogP) is 7.43. The molecule has 2 unspecified atom stereocenters. The van der Waals surface area contributed by atoms with Gasteiger partial charge in [-0.3, -0.25) is 9.59 Å². The topological polar surface area (TPSA) is 49.4 Å². The normalized spacial score (nSPS) is 12.6. The molecule has 8 heteroatoms. The first-order valence-corrected chi connectivity index (χ1v) is 14.5. The van der Waals surface area contributed by atoms with Gasteiger partial charge in [0.15, 0.2) is 0 Å². The second kappa shape index (κ2) is 14.7. The lowest BCUT2D eigenvalue weighted by Gasteiger charge is -2.32. The standard InChI is InChI=1S/C29H31Cl3N2O2S/c1-3-20(2)33-29(36)27(16-21-7-5-4-6-8-21)34(17-23-11-14-25(31)26(32)15-23)28(35)19-37-18-22-9-12-24(30)13-10-22/h4-15,20,27H,3,16-19H2,1-2H3,(H,33,36). The number of thioether (sulfide) groups is 1. The molecule has 196 valence electrons. The Labute approximate surface area is 238 Å². The van der Waals surface area contributed by atoms with E-state index in [4.69, 9.17) is 34.8 Å². The summed E-state index contributed by atoms with van der Waals surface area (Å²) in [4.78, 5) is 28.9. The number of carbonyl (C=O) groups is 2. The van der Waals surface area contributed by atoms with Gasteiger partial charge in [-0.2, -0.15) is 0 Å². The van der Waals surface area contributed by atoms with Gasteiger partial charge in [-0.15, -0.1) is 11.8 Å². The molecular formula is C29H31Cl3N2O2S. The van der Waals surface area contributed by atoms with Gasteiger partial charge in [-0.1, -0.05) is 90.3 Å². The molecule has 3 aromatic carbocycles.